The van der Waals surface area contributed by atoms with Gasteiger partial charge in [-0.05, 0) is 31.9 Å². The van der Waals surface area contributed by atoms with Crippen molar-refractivity contribution in [3.8, 4) is 0 Å². The van der Waals surface area contributed by atoms with Gasteiger partial charge in [-0.1, -0.05) is 25.1 Å². The van der Waals surface area contributed by atoms with Crippen molar-refractivity contribution in [1.29, 1.82) is 0 Å². The van der Waals surface area contributed by atoms with Crippen LogP contribution in [0.4, 0.5) is 5.69 Å². The molecule has 0 saturated heterocycles. The second kappa shape index (κ2) is 5.52. The molecular weight excluding hydrogens is 212 g/mol. The lowest BCUT2D eigenvalue weighted by Gasteiger charge is -2.30. The first-order valence-electron chi connectivity index (χ1n) is 6.13. The molecular formula is C14H24N2O. The predicted molar refractivity (Wildman–Crippen MR) is 73.2 cm³/mol. The Morgan fingerprint density at radius 2 is 1.94 bits per heavy atom. The molecule has 1 atom stereocenters. The van der Waals surface area contributed by atoms with E-state index in [1.54, 1.807) is 0 Å². The second-order valence-corrected chi connectivity index (χ2v) is 5.24. The topological polar surface area (TPSA) is 49.5 Å². The standard InChI is InChI=1S/C14H24N2O/c1-5-12(15)11-8-6-7-9-13(11)16(4)10-14(2,3)17/h6-9,12,17H,5,10,15H2,1-4H3. The van der Waals surface area contributed by atoms with Gasteiger partial charge in [0.15, 0.2) is 0 Å². The van der Waals surface area contributed by atoms with Crippen LogP contribution in [-0.4, -0.2) is 24.3 Å². The number of hydrogen-bond donors (Lipinski definition) is 2. The van der Waals surface area contributed by atoms with Crippen molar-refractivity contribution < 1.29 is 5.11 Å². The molecule has 3 nitrogen and oxygen atoms in total. The van der Waals surface area contributed by atoms with E-state index < -0.39 is 5.60 Å². The maximum atomic E-state index is 9.86. The lowest BCUT2D eigenvalue weighted by atomic mass is 10.0. The summed E-state index contributed by atoms with van der Waals surface area (Å²) in [6.07, 6.45) is 0.910. The highest BCUT2D eigenvalue weighted by molar-refractivity contribution is 5.54. The van der Waals surface area contributed by atoms with Crippen molar-refractivity contribution in [2.24, 2.45) is 5.73 Å². The summed E-state index contributed by atoms with van der Waals surface area (Å²) in [5.41, 5.74) is 7.64. The molecule has 0 radical (unpaired) electrons. The highest BCUT2D eigenvalue weighted by Crippen LogP contribution is 2.26. The molecule has 0 amide bonds. The lowest BCUT2D eigenvalue weighted by molar-refractivity contribution is 0.0886. The Labute approximate surface area is 104 Å². The van der Waals surface area contributed by atoms with Gasteiger partial charge >= 0.3 is 0 Å². The number of nitrogens with two attached hydrogens (primary N) is 1. The lowest BCUT2D eigenvalue weighted by Crippen LogP contribution is -2.37. The molecule has 0 aromatic heterocycles. The summed E-state index contributed by atoms with van der Waals surface area (Å²) >= 11 is 0. The van der Waals surface area contributed by atoms with E-state index >= 15 is 0 Å². The Morgan fingerprint density at radius 1 is 1.35 bits per heavy atom. The van der Waals surface area contributed by atoms with Crippen molar-refractivity contribution in [1.82, 2.24) is 0 Å². The zero-order valence-electron chi connectivity index (χ0n) is 11.3. The van der Waals surface area contributed by atoms with E-state index in [9.17, 15) is 5.11 Å². The number of rotatable bonds is 5. The Balaban J connectivity index is 2.97. The average Bonchev–Trinajstić information content (AvgIpc) is 2.25. The van der Waals surface area contributed by atoms with Crippen LogP contribution >= 0.6 is 0 Å². The van der Waals surface area contributed by atoms with Crippen molar-refractivity contribution >= 4 is 5.69 Å². The fraction of sp³-hybridized carbons (Fsp3) is 0.571. The van der Waals surface area contributed by atoms with E-state index in [4.69, 9.17) is 5.73 Å². The van der Waals surface area contributed by atoms with E-state index in [2.05, 4.69) is 24.0 Å². The second-order valence-electron chi connectivity index (χ2n) is 5.24. The van der Waals surface area contributed by atoms with Crippen molar-refractivity contribution in [2.75, 3.05) is 18.5 Å². The minimum Gasteiger partial charge on any atom is -0.389 e. The van der Waals surface area contributed by atoms with Gasteiger partial charge in [0.05, 0.1) is 5.60 Å². The van der Waals surface area contributed by atoms with E-state index in [-0.39, 0.29) is 6.04 Å². The van der Waals surface area contributed by atoms with Crippen LogP contribution in [-0.2, 0) is 0 Å². The molecule has 1 aromatic rings. The van der Waals surface area contributed by atoms with Gasteiger partial charge in [-0.25, -0.2) is 0 Å². The first-order valence-corrected chi connectivity index (χ1v) is 6.13. The van der Waals surface area contributed by atoms with Gasteiger partial charge in [-0.3, -0.25) is 0 Å². The van der Waals surface area contributed by atoms with Gasteiger partial charge in [-0.15, -0.1) is 0 Å². The molecule has 0 aliphatic carbocycles. The molecule has 0 aliphatic heterocycles. The van der Waals surface area contributed by atoms with E-state index in [1.807, 2.05) is 33.0 Å². The van der Waals surface area contributed by atoms with Crippen molar-refractivity contribution in [2.45, 2.75) is 38.8 Å². The molecule has 0 fully saturated rings. The summed E-state index contributed by atoms with van der Waals surface area (Å²) in [5, 5.41) is 9.86. The zero-order valence-corrected chi connectivity index (χ0v) is 11.3. The minimum atomic E-state index is -0.710. The molecule has 17 heavy (non-hydrogen) atoms. The van der Waals surface area contributed by atoms with Gasteiger partial charge in [0.2, 0.25) is 0 Å². The summed E-state index contributed by atoms with van der Waals surface area (Å²) in [5.74, 6) is 0. The highest BCUT2D eigenvalue weighted by atomic mass is 16.3. The fourth-order valence-electron chi connectivity index (χ4n) is 2.03. The average molecular weight is 236 g/mol. The molecule has 0 saturated carbocycles. The van der Waals surface area contributed by atoms with Crippen LogP contribution in [0.3, 0.4) is 0 Å². The number of aliphatic hydroxyl groups is 1. The fourth-order valence-corrected chi connectivity index (χ4v) is 2.03. The third-order valence-corrected chi connectivity index (χ3v) is 2.81. The van der Waals surface area contributed by atoms with Crippen molar-refractivity contribution in [3.05, 3.63) is 29.8 Å². The van der Waals surface area contributed by atoms with Crippen LogP contribution in [0.2, 0.25) is 0 Å². The summed E-state index contributed by atoms with van der Waals surface area (Å²) in [6.45, 7) is 6.29. The number of anilines is 1. The van der Waals surface area contributed by atoms with Gasteiger partial charge in [0, 0.05) is 25.3 Å². The Kier molecular flexibility index (Phi) is 4.54. The summed E-state index contributed by atoms with van der Waals surface area (Å²) in [4.78, 5) is 2.06. The third-order valence-electron chi connectivity index (χ3n) is 2.81. The van der Waals surface area contributed by atoms with Crippen LogP contribution in [0.1, 0.15) is 38.8 Å². The van der Waals surface area contributed by atoms with Gasteiger partial charge in [0.1, 0.15) is 0 Å². The molecule has 3 N–H and O–H groups in total. The quantitative estimate of drug-likeness (QED) is 0.824. The monoisotopic (exact) mass is 236 g/mol. The molecule has 0 spiro atoms. The summed E-state index contributed by atoms with van der Waals surface area (Å²) < 4.78 is 0. The van der Waals surface area contributed by atoms with Crippen LogP contribution in [0.5, 0.6) is 0 Å². The molecule has 1 aromatic carbocycles. The van der Waals surface area contributed by atoms with Gasteiger partial charge < -0.3 is 15.7 Å². The number of likely N-dealkylation sites (N-methyl/N-ethyl adjacent to an activating group) is 1. The summed E-state index contributed by atoms with van der Waals surface area (Å²) in [7, 11) is 1.99. The smallest absolute Gasteiger partial charge is 0.0765 e. The van der Waals surface area contributed by atoms with Crippen LogP contribution in [0, 0.1) is 0 Å². The molecule has 1 unspecified atom stereocenters. The van der Waals surface area contributed by atoms with Gasteiger partial charge in [0.25, 0.3) is 0 Å². The Bertz CT molecular complexity index is 357. The predicted octanol–water partition coefficient (Wildman–Crippen LogP) is 2.30. The van der Waals surface area contributed by atoms with E-state index in [1.165, 1.54) is 0 Å². The maximum absolute atomic E-state index is 9.86. The van der Waals surface area contributed by atoms with E-state index in [0.717, 1.165) is 17.7 Å². The Hall–Kier alpha value is -1.06. The Morgan fingerprint density at radius 3 is 2.47 bits per heavy atom. The van der Waals surface area contributed by atoms with Gasteiger partial charge in [-0.2, -0.15) is 0 Å². The molecule has 3 heteroatoms. The normalized spacial score (nSPS) is 13.5. The van der Waals surface area contributed by atoms with Crippen molar-refractivity contribution in [3.63, 3.8) is 0 Å². The number of para-hydroxylation sites is 1. The summed E-state index contributed by atoms with van der Waals surface area (Å²) in [6, 6.07) is 8.17. The van der Waals surface area contributed by atoms with Crippen LogP contribution < -0.4 is 10.6 Å². The number of hydrogen-bond acceptors (Lipinski definition) is 3. The zero-order chi connectivity index (χ0) is 13.1. The SMILES string of the molecule is CCC(N)c1ccccc1N(C)CC(C)(C)O. The first-order chi connectivity index (χ1) is 7.85. The van der Waals surface area contributed by atoms with Crippen LogP contribution in [0.15, 0.2) is 24.3 Å². The number of nitrogens with zero attached hydrogens (tertiary/aromatic N) is 1. The first kappa shape index (κ1) is 14.0. The molecule has 0 heterocycles. The van der Waals surface area contributed by atoms with E-state index in [0.29, 0.717) is 6.54 Å². The highest BCUT2D eigenvalue weighted by Gasteiger charge is 2.18. The third kappa shape index (κ3) is 4.02. The molecule has 96 valence electrons. The minimum absolute atomic E-state index is 0.0513. The molecule has 0 bridgehead atoms. The molecule has 1 rings (SSSR count). The largest absolute Gasteiger partial charge is 0.389 e. The molecule has 0 aliphatic rings. The number of benzene rings is 1. The maximum Gasteiger partial charge on any atom is 0.0765 e. The van der Waals surface area contributed by atoms with Crippen LogP contribution in [0.25, 0.3) is 0 Å².